The van der Waals surface area contributed by atoms with Gasteiger partial charge in [0.2, 0.25) is 22.7 Å². The summed E-state index contributed by atoms with van der Waals surface area (Å²) in [6.45, 7) is 5.35. The van der Waals surface area contributed by atoms with Crippen molar-refractivity contribution in [3.63, 3.8) is 0 Å². The van der Waals surface area contributed by atoms with Crippen LogP contribution in [0.1, 0.15) is 43.1 Å². The molecule has 1 saturated heterocycles. The number of aromatic nitrogens is 1. The summed E-state index contributed by atoms with van der Waals surface area (Å²) < 4.78 is 55.3. The first-order chi connectivity index (χ1) is 22.5. The van der Waals surface area contributed by atoms with Crippen molar-refractivity contribution in [2.75, 3.05) is 28.1 Å². The van der Waals surface area contributed by atoms with E-state index < -0.39 is 69.0 Å². The number of urea groups is 1. The zero-order valence-corrected chi connectivity index (χ0v) is 27.1. The van der Waals surface area contributed by atoms with Crippen LogP contribution in [0.25, 0.3) is 0 Å². The lowest BCUT2D eigenvalue weighted by atomic mass is 9.95. The minimum absolute atomic E-state index is 0.0194. The summed E-state index contributed by atoms with van der Waals surface area (Å²) in [5.74, 6) is -6.19. The van der Waals surface area contributed by atoms with Gasteiger partial charge in [0.15, 0.2) is 0 Å². The molecule has 17 heteroatoms. The summed E-state index contributed by atoms with van der Waals surface area (Å²) in [7, 11) is -2.04. The molecule has 0 aliphatic carbocycles. The van der Waals surface area contributed by atoms with Crippen LogP contribution in [-0.2, 0) is 31.7 Å². The smallest absolute Gasteiger partial charge is 0.332 e. The first-order valence-electron chi connectivity index (χ1n) is 14.4. The molecule has 5 amide bonds. The van der Waals surface area contributed by atoms with Gasteiger partial charge in [-0.1, -0.05) is 26.8 Å². The Morgan fingerprint density at radius 3 is 2.27 bits per heavy atom. The zero-order valence-electron chi connectivity index (χ0n) is 26.2. The van der Waals surface area contributed by atoms with Crippen LogP contribution in [0.2, 0.25) is 0 Å². The molecule has 0 bridgehead atoms. The van der Waals surface area contributed by atoms with Crippen LogP contribution in [0.4, 0.5) is 36.5 Å². The van der Waals surface area contributed by atoms with Crippen LogP contribution >= 0.6 is 0 Å². The van der Waals surface area contributed by atoms with E-state index in [4.69, 9.17) is 0 Å². The first-order valence-corrected chi connectivity index (χ1v) is 15.5. The third kappa shape index (κ3) is 7.91. The van der Waals surface area contributed by atoms with Gasteiger partial charge in [0.25, 0.3) is 5.91 Å². The average molecular weight is 687 g/mol. The second-order valence-corrected chi connectivity index (χ2v) is 12.7. The van der Waals surface area contributed by atoms with Crippen LogP contribution in [0.3, 0.4) is 0 Å². The molecule has 0 spiro atoms. The molecule has 48 heavy (non-hydrogen) atoms. The molecular formula is C31H32F2N6O8S. The van der Waals surface area contributed by atoms with Crippen molar-refractivity contribution in [1.29, 1.82) is 0 Å². The number of hydrogen-bond donors (Lipinski definition) is 4. The van der Waals surface area contributed by atoms with Crippen LogP contribution in [-0.4, -0.2) is 72.8 Å². The van der Waals surface area contributed by atoms with Crippen molar-refractivity contribution < 1.29 is 46.3 Å². The molecule has 4 rings (SSSR count). The maximum absolute atomic E-state index is 15.3. The number of thiol groups is 1. The first kappa shape index (κ1) is 35.4. The molecule has 0 saturated carbocycles. The van der Waals surface area contributed by atoms with Crippen molar-refractivity contribution in [2.45, 2.75) is 39.7 Å². The topological polar surface area (TPSA) is 186 Å². The molecule has 1 aliphatic rings. The highest BCUT2D eigenvalue weighted by Gasteiger charge is 2.32. The Hall–Kier alpha value is -5.45. The predicted molar refractivity (Wildman–Crippen MR) is 170 cm³/mol. The fraction of sp³-hybridized carbons (Fsp3) is 0.290. The number of pyridine rings is 1. The summed E-state index contributed by atoms with van der Waals surface area (Å²) in [6.07, 6.45) is 0.955. The molecule has 0 unspecified atom stereocenters. The molecule has 3 aromatic rings. The van der Waals surface area contributed by atoms with E-state index >= 15 is 8.78 Å². The van der Waals surface area contributed by atoms with Crippen molar-refractivity contribution in [3.05, 3.63) is 77.5 Å². The lowest BCUT2D eigenvalue weighted by Crippen LogP contribution is -2.51. The molecule has 1 fully saturated rings. The van der Waals surface area contributed by atoms with Gasteiger partial charge in [-0.15, -0.1) is 0 Å². The van der Waals surface area contributed by atoms with Gasteiger partial charge in [-0.05, 0) is 42.0 Å². The fourth-order valence-electron chi connectivity index (χ4n) is 4.51. The average Bonchev–Trinajstić information content (AvgIpc) is 3.01. The maximum Gasteiger partial charge on any atom is 0.332 e. The van der Waals surface area contributed by atoms with Crippen molar-refractivity contribution >= 4 is 63.5 Å². The maximum atomic E-state index is 15.3. The van der Waals surface area contributed by atoms with E-state index in [-0.39, 0.29) is 42.4 Å². The van der Waals surface area contributed by atoms with E-state index in [0.717, 1.165) is 4.90 Å². The van der Waals surface area contributed by atoms with E-state index in [1.807, 2.05) is 0 Å². The predicted octanol–water partition coefficient (Wildman–Crippen LogP) is 3.22. The molecule has 1 aliphatic heterocycles. The number of halogens is 2. The van der Waals surface area contributed by atoms with E-state index in [1.54, 1.807) is 20.8 Å². The molecule has 3 N–H and O–H groups in total. The van der Waals surface area contributed by atoms with Crippen LogP contribution in [0.15, 0.2) is 54.7 Å². The van der Waals surface area contributed by atoms with Crippen LogP contribution in [0.5, 0.6) is 0 Å². The third-order valence-corrected chi connectivity index (χ3v) is 8.01. The van der Waals surface area contributed by atoms with Gasteiger partial charge in [0, 0.05) is 49.8 Å². The highest BCUT2D eigenvalue weighted by atomic mass is 32.2. The monoisotopic (exact) mass is 686 g/mol. The number of nitrogens with one attached hydrogen (secondary N) is 2. The number of carbonyl (C=O) groups excluding carboxylic acids is 4. The second kappa shape index (κ2) is 14.1. The highest BCUT2D eigenvalue weighted by Crippen LogP contribution is 2.31. The Labute approximate surface area is 275 Å². The van der Waals surface area contributed by atoms with E-state index in [9.17, 15) is 37.5 Å². The van der Waals surface area contributed by atoms with Gasteiger partial charge in [-0.3, -0.25) is 14.4 Å². The number of anilines is 4. The number of aliphatic carboxylic acids is 1. The minimum atomic E-state index is -3.57. The summed E-state index contributed by atoms with van der Waals surface area (Å²) in [5, 5.41) is 14.5. The zero-order chi connectivity index (χ0) is 35.5. The number of carbonyl (C=O) groups is 5. The third-order valence-electron chi connectivity index (χ3n) is 7.23. The van der Waals surface area contributed by atoms with Gasteiger partial charge in [0.1, 0.15) is 23.5 Å². The molecule has 1 aromatic heterocycles. The minimum Gasteiger partial charge on any atom is -0.480 e. The fourth-order valence-corrected chi connectivity index (χ4v) is 5.17. The molecule has 1 atom stereocenters. The Kier molecular flexibility index (Phi) is 10.4. The number of amides is 5. The highest BCUT2D eigenvalue weighted by molar-refractivity contribution is 7.74. The molecule has 2 aromatic carbocycles. The van der Waals surface area contributed by atoms with Crippen LogP contribution in [0, 0.1) is 17.0 Å². The van der Waals surface area contributed by atoms with Gasteiger partial charge < -0.3 is 20.6 Å². The number of imide groups is 1. The van der Waals surface area contributed by atoms with Gasteiger partial charge in [-0.2, -0.15) is 0 Å². The molecular weight excluding hydrogens is 654 g/mol. The summed E-state index contributed by atoms with van der Waals surface area (Å²) >= 11 is 0. The molecule has 0 radical (unpaired) electrons. The summed E-state index contributed by atoms with van der Waals surface area (Å²) in [5.41, 5.74) is -1.83. The second-order valence-electron chi connectivity index (χ2n) is 11.9. The number of rotatable bonds is 10. The van der Waals surface area contributed by atoms with Gasteiger partial charge in [0.05, 0.1) is 16.9 Å². The van der Waals surface area contributed by atoms with Crippen molar-refractivity contribution in [1.82, 2.24) is 15.2 Å². The molecule has 14 nitrogen and oxygen atoms in total. The number of carboxylic acids is 1. The van der Waals surface area contributed by atoms with E-state index in [2.05, 4.69) is 15.6 Å². The molecule has 2 heterocycles. The van der Waals surface area contributed by atoms with E-state index in [0.29, 0.717) is 22.1 Å². The number of hydrogen-bond acceptors (Lipinski definition) is 8. The standard InChI is InChI=1S/C31H32F2N6O8S/c1-31(2,3)29(44)35-18-6-8-19(9-7-18)39(48(46)47)24-15-21(32)20(14-22(24)33)27(41)36-23(28(42)43)13-17-5-10-25(34-16-17)38-26(40)11-12-37(4)30(38)45/h5-10,14-16,23,48H,11-13H2,1-4H3,(H,35,44)(H,36,41)(H,42,43)/t23-/m0/s1. The lowest BCUT2D eigenvalue weighted by molar-refractivity contribution is -0.139. The quantitative estimate of drug-likeness (QED) is 0.232. The Balaban J connectivity index is 1.51. The van der Waals surface area contributed by atoms with Gasteiger partial charge in [-0.25, -0.2) is 41.0 Å². The number of nitrogens with zero attached hydrogens (tertiary/aromatic N) is 4. The lowest BCUT2D eigenvalue weighted by Gasteiger charge is -2.30. The van der Waals surface area contributed by atoms with Gasteiger partial charge >= 0.3 is 12.0 Å². The number of benzene rings is 2. The summed E-state index contributed by atoms with van der Waals surface area (Å²) in [4.78, 5) is 68.1. The largest absolute Gasteiger partial charge is 0.480 e. The Bertz CT molecular complexity index is 1840. The normalized spacial score (nSPS) is 14.1. The van der Waals surface area contributed by atoms with Crippen molar-refractivity contribution in [2.24, 2.45) is 5.41 Å². The Morgan fingerprint density at radius 2 is 1.71 bits per heavy atom. The Morgan fingerprint density at radius 1 is 1.04 bits per heavy atom. The van der Waals surface area contributed by atoms with Crippen LogP contribution < -0.4 is 19.8 Å². The van der Waals surface area contributed by atoms with Crippen molar-refractivity contribution in [3.8, 4) is 0 Å². The summed E-state index contributed by atoms with van der Waals surface area (Å²) in [6, 6.07) is 6.74. The molecule has 254 valence electrons. The number of carboxylic acid groups (broad SMARTS) is 1. The SMILES string of the molecule is CN1CCC(=O)N(c2ccc(C[C@H](NC(=O)c3cc(F)c(N(c4ccc(NC(=O)C(C)(C)C)cc4)[SH](=O)=O)cc3F)C(=O)O)cn2)C1=O. The van der Waals surface area contributed by atoms with E-state index in [1.165, 1.54) is 54.5 Å².